The van der Waals surface area contributed by atoms with E-state index in [9.17, 15) is 0 Å². The lowest BCUT2D eigenvalue weighted by molar-refractivity contribution is -0.140. The Morgan fingerprint density at radius 1 is 1.21 bits per heavy atom. The van der Waals surface area contributed by atoms with E-state index < -0.39 is 0 Å². The fraction of sp³-hybridized carbons (Fsp3) is 0.455. The topological polar surface area (TPSA) is 18.5 Å². The van der Waals surface area contributed by atoms with Gasteiger partial charge in [0.1, 0.15) is 7.85 Å². The third-order valence-corrected chi connectivity index (χ3v) is 1.95. The van der Waals surface area contributed by atoms with E-state index in [1.165, 1.54) is 5.46 Å². The summed E-state index contributed by atoms with van der Waals surface area (Å²) in [5.74, 6) is 0. The molecule has 0 N–H and O–H groups in total. The van der Waals surface area contributed by atoms with E-state index in [-0.39, 0.29) is 6.29 Å². The molecule has 0 heterocycles. The molecule has 2 nitrogen and oxygen atoms in total. The summed E-state index contributed by atoms with van der Waals surface area (Å²) >= 11 is 0. The number of ether oxygens (including phenoxy) is 2. The first-order valence-electron chi connectivity index (χ1n) is 5.07. The molecule has 0 aliphatic carbocycles. The van der Waals surface area contributed by atoms with Gasteiger partial charge in [-0.15, -0.1) is 0 Å². The van der Waals surface area contributed by atoms with Crippen LogP contribution in [-0.2, 0) is 9.47 Å². The number of rotatable bonds is 5. The molecule has 0 amide bonds. The van der Waals surface area contributed by atoms with Gasteiger partial charge < -0.3 is 9.47 Å². The van der Waals surface area contributed by atoms with Crippen LogP contribution in [0, 0.1) is 0 Å². The second-order valence-corrected chi connectivity index (χ2v) is 3.16. The highest BCUT2D eigenvalue weighted by Crippen LogP contribution is 2.17. The zero-order chi connectivity index (χ0) is 10.4. The Balaban J connectivity index is 2.75. The molecule has 14 heavy (non-hydrogen) atoms. The van der Waals surface area contributed by atoms with Crippen LogP contribution in [0.4, 0.5) is 0 Å². The zero-order valence-corrected chi connectivity index (χ0v) is 9.12. The molecule has 0 aliphatic rings. The summed E-state index contributed by atoms with van der Waals surface area (Å²) in [5.41, 5.74) is 2.32. The van der Waals surface area contributed by atoms with E-state index in [1.807, 2.05) is 26.0 Å². The lowest BCUT2D eigenvalue weighted by Gasteiger charge is -2.17. The molecule has 0 unspecified atom stereocenters. The van der Waals surface area contributed by atoms with Gasteiger partial charge in [0.2, 0.25) is 0 Å². The van der Waals surface area contributed by atoms with Gasteiger partial charge in [-0.1, -0.05) is 29.7 Å². The van der Waals surface area contributed by atoms with Gasteiger partial charge in [-0.3, -0.25) is 0 Å². The van der Waals surface area contributed by atoms with Crippen LogP contribution in [-0.4, -0.2) is 21.1 Å². The van der Waals surface area contributed by atoms with Crippen molar-refractivity contribution < 1.29 is 9.47 Å². The Bertz CT molecular complexity index is 270. The Morgan fingerprint density at radius 2 is 1.86 bits per heavy atom. The molecule has 0 saturated carbocycles. The Morgan fingerprint density at radius 3 is 2.36 bits per heavy atom. The van der Waals surface area contributed by atoms with Crippen LogP contribution >= 0.6 is 0 Å². The Labute approximate surface area is 86.6 Å². The SMILES string of the molecule is Bc1cccc(C(OCC)OCC)c1. The van der Waals surface area contributed by atoms with Gasteiger partial charge in [-0.2, -0.15) is 0 Å². The molecule has 0 spiro atoms. The summed E-state index contributed by atoms with van der Waals surface area (Å²) in [6.45, 7) is 5.28. The molecule has 1 aromatic rings. The third kappa shape index (κ3) is 3.16. The summed E-state index contributed by atoms with van der Waals surface area (Å²) < 4.78 is 11.0. The fourth-order valence-corrected chi connectivity index (χ4v) is 1.36. The Hall–Kier alpha value is -0.795. The summed E-state index contributed by atoms with van der Waals surface area (Å²) in [7, 11) is 2.07. The van der Waals surface area contributed by atoms with E-state index >= 15 is 0 Å². The van der Waals surface area contributed by atoms with Gasteiger partial charge in [0, 0.05) is 18.8 Å². The van der Waals surface area contributed by atoms with Gasteiger partial charge in [0.05, 0.1) is 0 Å². The van der Waals surface area contributed by atoms with Gasteiger partial charge in [0.25, 0.3) is 0 Å². The number of benzene rings is 1. The zero-order valence-electron chi connectivity index (χ0n) is 9.12. The average molecular weight is 192 g/mol. The van der Waals surface area contributed by atoms with Crippen molar-refractivity contribution in [1.29, 1.82) is 0 Å². The van der Waals surface area contributed by atoms with Crippen LogP contribution in [0.2, 0.25) is 0 Å². The first-order valence-corrected chi connectivity index (χ1v) is 5.07. The average Bonchev–Trinajstić information content (AvgIpc) is 2.17. The Kier molecular flexibility index (Phi) is 4.70. The maximum Gasteiger partial charge on any atom is 0.183 e. The number of hydrogen-bond donors (Lipinski definition) is 0. The highest BCUT2D eigenvalue weighted by atomic mass is 16.7. The molecule has 1 aromatic carbocycles. The van der Waals surface area contributed by atoms with Crippen molar-refractivity contribution in [3.05, 3.63) is 29.8 Å². The van der Waals surface area contributed by atoms with Crippen LogP contribution in [0.15, 0.2) is 24.3 Å². The molecule has 0 bridgehead atoms. The van der Waals surface area contributed by atoms with Crippen molar-refractivity contribution in [1.82, 2.24) is 0 Å². The van der Waals surface area contributed by atoms with Gasteiger partial charge in [-0.05, 0) is 13.8 Å². The van der Waals surface area contributed by atoms with E-state index in [2.05, 4.69) is 20.0 Å². The second-order valence-electron chi connectivity index (χ2n) is 3.16. The summed E-state index contributed by atoms with van der Waals surface area (Å²) in [5, 5.41) is 0. The minimum atomic E-state index is -0.218. The molecule has 0 radical (unpaired) electrons. The van der Waals surface area contributed by atoms with E-state index in [4.69, 9.17) is 9.47 Å². The lowest BCUT2D eigenvalue weighted by atomic mass is 9.94. The molecule has 3 heteroatoms. The van der Waals surface area contributed by atoms with Crippen molar-refractivity contribution in [3.8, 4) is 0 Å². The normalized spacial score (nSPS) is 10.8. The van der Waals surface area contributed by atoms with Crippen LogP contribution in [0.1, 0.15) is 25.7 Å². The fourth-order valence-electron chi connectivity index (χ4n) is 1.36. The molecule has 1 rings (SSSR count). The first-order chi connectivity index (χ1) is 6.77. The summed E-state index contributed by atoms with van der Waals surface area (Å²) in [6.07, 6.45) is -0.218. The molecular weight excluding hydrogens is 175 g/mol. The van der Waals surface area contributed by atoms with Gasteiger partial charge >= 0.3 is 0 Å². The highest BCUT2D eigenvalue weighted by Gasteiger charge is 2.10. The van der Waals surface area contributed by atoms with Crippen molar-refractivity contribution in [2.24, 2.45) is 0 Å². The van der Waals surface area contributed by atoms with Crippen molar-refractivity contribution in [2.45, 2.75) is 20.1 Å². The van der Waals surface area contributed by atoms with Gasteiger partial charge in [-0.25, -0.2) is 0 Å². The largest absolute Gasteiger partial charge is 0.349 e. The predicted molar refractivity (Wildman–Crippen MR) is 60.6 cm³/mol. The molecule has 0 saturated heterocycles. The quantitative estimate of drug-likeness (QED) is 0.512. The summed E-state index contributed by atoms with van der Waals surface area (Å²) in [4.78, 5) is 0. The monoisotopic (exact) mass is 192 g/mol. The van der Waals surface area contributed by atoms with E-state index in [0.717, 1.165) is 5.56 Å². The molecule has 0 aliphatic heterocycles. The third-order valence-electron chi connectivity index (χ3n) is 1.95. The van der Waals surface area contributed by atoms with E-state index in [1.54, 1.807) is 0 Å². The summed E-state index contributed by atoms with van der Waals surface area (Å²) in [6, 6.07) is 8.22. The molecule has 0 fully saturated rings. The van der Waals surface area contributed by atoms with Crippen LogP contribution in [0.3, 0.4) is 0 Å². The molecular formula is C11H17BO2. The minimum Gasteiger partial charge on any atom is -0.349 e. The van der Waals surface area contributed by atoms with E-state index in [0.29, 0.717) is 13.2 Å². The molecule has 0 atom stereocenters. The maximum absolute atomic E-state index is 5.50. The van der Waals surface area contributed by atoms with Crippen LogP contribution < -0.4 is 5.46 Å². The molecule has 76 valence electrons. The van der Waals surface area contributed by atoms with Crippen molar-refractivity contribution in [3.63, 3.8) is 0 Å². The van der Waals surface area contributed by atoms with Gasteiger partial charge in [0.15, 0.2) is 6.29 Å². The first kappa shape index (κ1) is 11.3. The van der Waals surface area contributed by atoms with Crippen LogP contribution in [0.25, 0.3) is 0 Å². The maximum atomic E-state index is 5.50. The number of hydrogen-bond acceptors (Lipinski definition) is 2. The van der Waals surface area contributed by atoms with Crippen LogP contribution in [0.5, 0.6) is 0 Å². The smallest absolute Gasteiger partial charge is 0.183 e. The predicted octanol–water partition coefficient (Wildman–Crippen LogP) is 1.02. The molecule has 0 aromatic heterocycles. The minimum absolute atomic E-state index is 0.218. The second kappa shape index (κ2) is 5.84. The standard InChI is InChI=1S/C11H17BO2/c1-3-13-11(14-4-2)9-6-5-7-10(12)8-9/h5-8,11H,3-4,12H2,1-2H3. The van der Waals surface area contributed by atoms with Crippen molar-refractivity contribution in [2.75, 3.05) is 13.2 Å². The lowest BCUT2D eigenvalue weighted by Crippen LogP contribution is -2.12. The highest BCUT2D eigenvalue weighted by molar-refractivity contribution is 6.32. The van der Waals surface area contributed by atoms with Crippen molar-refractivity contribution >= 4 is 13.3 Å².